The highest BCUT2D eigenvalue weighted by atomic mass is 127. The van der Waals surface area contributed by atoms with Crippen LogP contribution in [0.1, 0.15) is 5.56 Å². The first-order valence-corrected chi connectivity index (χ1v) is 4.71. The van der Waals surface area contributed by atoms with E-state index >= 15 is 0 Å². The minimum absolute atomic E-state index is 0.367. The van der Waals surface area contributed by atoms with Gasteiger partial charge in [0.2, 0.25) is 0 Å². The Hall–Kier alpha value is -0.360. The number of halogens is 2. The first-order chi connectivity index (χ1) is 5.70. The van der Waals surface area contributed by atoms with Crippen molar-refractivity contribution in [3.8, 4) is 0 Å². The zero-order chi connectivity index (χ0) is 8.72. The number of rotatable bonds is 0. The van der Waals surface area contributed by atoms with E-state index in [0.717, 1.165) is 14.8 Å². The predicted octanol–water partition coefficient (Wildman–Crippen LogP) is 2.79. The minimum Gasteiger partial charge on any atom is -0.445 e. The van der Waals surface area contributed by atoms with Crippen molar-refractivity contribution in [2.45, 2.75) is 6.92 Å². The number of aromatic nitrogens is 2. The molecule has 5 heteroatoms. The largest absolute Gasteiger partial charge is 0.445 e. The molecule has 0 amide bonds. The average Bonchev–Trinajstić information content (AvgIpc) is 2.32. The van der Waals surface area contributed by atoms with E-state index in [1.54, 1.807) is 0 Å². The van der Waals surface area contributed by atoms with E-state index in [1.807, 2.05) is 6.92 Å². The summed E-state index contributed by atoms with van der Waals surface area (Å²) < 4.78 is 6.17. The number of aryl methyl sites for hydroxylation is 1. The van der Waals surface area contributed by atoms with E-state index in [9.17, 15) is 0 Å². The zero-order valence-electron chi connectivity index (χ0n) is 6.14. The minimum atomic E-state index is 0.367. The maximum Gasteiger partial charge on any atom is 0.191 e. The van der Waals surface area contributed by atoms with Crippen molar-refractivity contribution in [3.05, 3.63) is 20.8 Å². The van der Waals surface area contributed by atoms with Gasteiger partial charge in [0.15, 0.2) is 14.5 Å². The van der Waals surface area contributed by atoms with Crippen LogP contribution in [0.2, 0.25) is 5.15 Å². The van der Waals surface area contributed by atoms with Crippen LogP contribution >= 0.6 is 34.2 Å². The Morgan fingerprint density at radius 1 is 1.50 bits per heavy atom. The number of hydrogen-bond donors (Lipinski definition) is 0. The molecule has 3 nitrogen and oxygen atoms in total. The summed E-state index contributed by atoms with van der Waals surface area (Å²) in [6.07, 6.45) is 1.43. The molecule has 0 bridgehead atoms. The molecule has 2 heterocycles. The molecule has 0 spiro atoms. The molecule has 0 saturated carbocycles. The van der Waals surface area contributed by atoms with Gasteiger partial charge in [0, 0.05) is 5.56 Å². The lowest BCUT2D eigenvalue weighted by Gasteiger charge is -1.88. The highest BCUT2D eigenvalue weighted by Gasteiger charge is 2.11. The van der Waals surface area contributed by atoms with Crippen LogP contribution in [0.4, 0.5) is 0 Å². The summed E-state index contributed by atoms with van der Waals surface area (Å²) in [5, 5.41) is 0.367. The molecule has 62 valence electrons. The van der Waals surface area contributed by atoms with E-state index in [0.29, 0.717) is 10.7 Å². The van der Waals surface area contributed by atoms with Crippen LogP contribution in [0.3, 0.4) is 0 Å². The fourth-order valence-electron chi connectivity index (χ4n) is 0.969. The highest BCUT2D eigenvalue weighted by Crippen LogP contribution is 2.27. The average molecular weight is 294 g/mol. The molecule has 0 atom stereocenters. The summed E-state index contributed by atoms with van der Waals surface area (Å²) in [7, 11) is 0. The Labute approximate surface area is 87.3 Å². The van der Waals surface area contributed by atoms with Crippen molar-refractivity contribution in [1.29, 1.82) is 0 Å². The molecular weight excluding hydrogens is 290 g/mol. The Morgan fingerprint density at radius 2 is 2.25 bits per heavy atom. The summed E-state index contributed by atoms with van der Waals surface area (Å²) >= 11 is 7.90. The molecule has 0 N–H and O–H groups in total. The number of hydrogen-bond acceptors (Lipinski definition) is 3. The van der Waals surface area contributed by atoms with Crippen molar-refractivity contribution in [2.24, 2.45) is 0 Å². The van der Waals surface area contributed by atoms with Crippen molar-refractivity contribution in [2.75, 3.05) is 0 Å². The predicted molar refractivity (Wildman–Crippen MR) is 54.3 cm³/mol. The Balaban J connectivity index is 2.95. The SMILES string of the molecule is Cc1c(I)oc2c(Cl)ncnc12. The van der Waals surface area contributed by atoms with Crippen LogP contribution < -0.4 is 0 Å². The molecule has 12 heavy (non-hydrogen) atoms. The third-order valence-corrected chi connectivity index (χ3v) is 2.90. The molecule has 0 aliphatic rings. The second-order valence-electron chi connectivity index (χ2n) is 2.34. The maximum absolute atomic E-state index is 5.79. The van der Waals surface area contributed by atoms with E-state index in [-0.39, 0.29) is 0 Å². The summed E-state index contributed by atoms with van der Waals surface area (Å²) in [5.41, 5.74) is 2.37. The van der Waals surface area contributed by atoms with Crippen molar-refractivity contribution in [3.63, 3.8) is 0 Å². The van der Waals surface area contributed by atoms with Gasteiger partial charge in [-0.05, 0) is 29.5 Å². The Bertz CT molecular complexity index is 440. The monoisotopic (exact) mass is 294 g/mol. The molecule has 0 saturated heterocycles. The van der Waals surface area contributed by atoms with Gasteiger partial charge in [-0.15, -0.1) is 0 Å². The lowest BCUT2D eigenvalue weighted by Crippen LogP contribution is -1.80. The number of nitrogens with zero attached hydrogens (tertiary/aromatic N) is 2. The molecule has 2 aromatic rings. The molecule has 0 radical (unpaired) electrons. The van der Waals surface area contributed by atoms with Gasteiger partial charge in [0.25, 0.3) is 0 Å². The van der Waals surface area contributed by atoms with Gasteiger partial charge < -0.3 is 4.42 Å². The maximum atomic E-state index is 5.79. The summed E-state index contributed by atoms with van der Waals surface area (Å²) in [4.78, 5) is 7.89. The Kier molecular flexibility index (Phi) is 1.96. The normalized spacial score (nSPS) is 10.9. The molecule has 0 unspecified atom stereocenters. The topological polar surface area (TPSA) is 38.9 Å². The summed E-state index contributed by atoms with van der Waals surface area (Å²) in [6.45, 7) is 1.94. The number of furan rings is 1. The van der Waals surface area contributed by atoms with Crippen molar-refractivity contribution < 1.29 is 4.42 Å². The standard InChI is InChI=1S/C7H4ClIN2O/c1-3-4-5(12-7(3)9)6(8)11-2-10-4/h2H,1H3. The second-order valence-corrected chi connectivity index (χ2v) is 3.68. The lowest BCUT2D eigenvalue weighted by atomic mass is 10.3. The lowest BCUT2D eigenvalue weighted by molar-refractivity contribution is 0.579. The summed E-state index contributed by atoms with van der Waals surface area (Å²) in [5.74, 6) is 0. The first-order valence-electron chi connectivity index (χ1n) is 3.25. The summed E-state index contributed by atoms with van der Waals surface area (Å²) in [6, 6.07) is 0. The van der Waals surface area contributed by atoms with Crippen LogP contribution in [0.5, 0.6) is 0 Å². The molecule has 0 aromatic carbocycles. The molecule has 2 aromatic heterocycles. The van der Waals surface area contributed by atoms with Gasteiger partial charge in [0.05, 0.1) is 0 Å². The van der Waals surface area contributed by atoms with Gasteiger partial charge in [-0.2, -0.15) is 0 Å². The van der Waals surface area contributed by atoms with Gasteiger partial charge in [-0.1, -0.05) is 11.6 Å². The smallest absolute Gasteiger partial charge is 0.191 e. The molecule has 0 aliphatic carbocycles. The van der Waals surface area contributed by atoms with Crippen LogP contribution in [-0.4, -0.2) is 9.97 Å². The Morgan fingerprint density at radius 3 is 2.92 bits per heavy atom. The van der Waals surface area contributed by atoms with Gasteiger partial charge in [-0.3, -0.25) is 0 Å². The molecule has 0 aliphatic heterocycles. The van der Waals surface area contributed by atoms with Crippen LogP contribution in [-0.2, 0) is 0 Å². The third-order valence-electron chi connectivity index (χ3n) is 1.60. The van der Waals surface area contributed by atoms with Crippen LogP contribution in [0.15, 0.2) is 10.7 Å². The second kappa shape index (κ2) is 2.85. The fourth-order valence-corrected chi connectivity index (χ4v) is 1.62. The van der Waals surface area contributed by atoms with E-state index in [1.165, 1.54) is 6.33 Å². The highest BCUT2D eigenvalue weighted by molar-refractivity contribution is 14.1. The fraction of sp³-hybridized carbons (Fsp3) is 0.143. The molecular formula is C7H4ClIN2O. The van der Waals surface area contributed by atoms with Crippen molar-refractivity contribution >= 4 is 45.3 Å². The van der Waals surface area contributed by atoms with Gasteiger partial charge in [0.1, 0.15) is 11.8 Å². The van der Waals surface area contributed by atoms with E-state index in [2.05, 4.69) is 32.6 Å². The van der Waals surface area contributed by atoms with E-state index in [4.69, 9.17) is 16.0 Å². The van der Waals surface area contributed by atoms with Crippen molar-refractivity contribution in [1.82, 2.24) is 9.97 Å². The van der Waals surface area contributed by atoms with Crippen LogP contribution in [0, 0.1) is 10.7 Å². The number of fused-ring (bicyclic) bond motifs is 1. The quantitative estimate of drug-likeness (QED) is 0.554. The molecule has 2 rings (SSSR count). The third kappa shape index (κ3) is 1.09. The van der Waals surface area contributed by atoms with Gasteiger partial charge >= 0.3 is 0 Å². The van der Waals surface area contributed by atoms with E-state index < -0.39 is 0 Å². The first kappa shape index (κ1) is 8.25. The van der Waals surface area contributed by atoms with Gasteiger partial charge in [-0.25, -0.2) is 9.97 Å². The molecule has 0 fully saturated rings. The van der Waals surface area contributed by atoms with Crippen LogP contribution in [0.25, 0.3) is 11.1 Å². The zero-order valence-corrected chi connectivity index (χ0v) is 9.05.